The van der Waals surface area contributed by atoms with Crippen molar-refractivity contribution in [3.63, 3.8) is 0 Å². The first-order valence-corrected chi connectivity index (χ1v) is 15.1. The van der Waals surface area contributed by atoms with Crippen LogP contribution in [0.1, 0.15) is 0 Å². The van der Waals surface area contributed by atoms with Crippen molar-refractivity contribution >= 4 is 70.9 Å². The lowest BCUT2D eigenvalue weighted by atomic mass is 9.97. The maximum atomic E-state index is 5.12. The minimum Gasteiger partial charge on any atom is -0.309 e. The molecule has 0 saturated heterocycles. The normalized spacial score (nSPS) is 12.1. The fraction of sp³-hybridized carbons (Fsp3) is 0. The summed E-state index contributed by atoms with van der Waals surface area (Å²) in [4.78, 5) is 5.12. The number of hydrogen-bond acceptors (Lipinski definition) is 1. The molecule has 3 heteroatoms. The lowest BCUT2D eigenvalue weighted by Crippen LogP contribution is -1.94. The van der Waals surface area contributed by atoms with Crippen molar-refractivity contribution in [3.05, 3.63) is 152 Å². The maximum absolute atomic E-state index is 5.12. The van der Waals surface area contributed by atoms with Crippen LogP contribution in [-0.4, -0.2) is 14.0 Å². The summed E-state index contributed by atoms with van der Waals surface area (Å²) >= 11 is 0. The van der Waals surface area contributed by atoms with Crippen LogP contribution in [0.3, 0.4) is 0 Å². The zero-order valence-electron chi connectivity index (χ0n) is 23.8. The Kier molecular flexibility index (Phi) is 4.72. The zero-order valence-corrected chi connectivity index (χ0v) is 23.8. The summed E-state index contributed by atoms with van der Waals surface area (Å²) in [5, 5.41) is 8.65. The van der Waals surface area contributed by atoms with E-state index in [1.54, 1.807) is 0 Å². The molecule has 10 rings (SSSR count). The van der Waals surface area contributed by atoms with E-state index in [1.807, 2.05) is 0 Å². The number of para-hydroxylation sites is 4. The largest absolute Gasteiger partial charge is 0.309 e. The maximum Gasteiger partial charge on any atom is 0.146 e. The highest BCUT2D eigenvalue weighted by Gasteiger charge is 2.16. The number of benzene rings is 7. The van der Waals surface area contributed by atoms with E-state index < -0.39 is 0 Å². The Morgan fingerprint density at radius 2 is 0.977 bits per heavy atom. The fourth-order valence-electron chi connectivity index (χ4n) is 7.23. The fourth-order valence-corrected chi connectivity index (χ4v) is 7.23. The van der Waals surface area contributed by atoms with E-state index in [-0.39, 0.29) is 0 Å². The average Bonchev–Trinajstić information content (AvgIpc) is 3.64. The highest BCUT2D eigenvalue weighted by molar-refractivity contribution is 6.18. The smallest absolute Gasteiger partial charge is 0.146 e. The summed E-state index contributed by atoms with van der Waals surface area (Å²) in [5.74, 6) is 0. The molecule has 3 heterocycles. The number of rotatable bonds is 2. The van der Waals surface area contributed by atoms with Crippen LogP contribution in [0.5, 0.6) is 0 Å². The molecule has 7 aromatic carbocycles. The summed E-state index contributed by atoms with van der Waals surface area (Å²) in [6.45, 7) is 0. The molecule has 0 unspecified atom stereocenters. The molecule has 0 spiro atoms. The standard InChI is InChI=1S/C41H25N3/c1-2-10-28-25-35-33(23-27(28)9-1)34-24-29(19-22-39(34)44-40-16-8-5-13-36(40)42-41(35)44)26-17-20-30(21-18-26)43-37-14-6-3-11-31(37)32-12-4-7-15-38(32)43/h1-25H. The Balaban J connectivity index is 1.21. The van der Waals surface area contributed by atoms with Crippen LogP contribution in [0.15, 0.2) is 152 Å². The number of pyridine rings is 1. The molecule has 0 aliphatic carbocycles. The predicted molar refractivity (Wildman–Crippen MR) is 185 cm³/mol. The molecule has 3 nitrogen and oxygen atoms in total. The van der Waals surface area contributed by atoms with E-state index in [2.05, 4.69) is 161 Å². The molecule has 0 radical (unpaired) electrons. The van der Waals surface area contributed by atoms with Crippen LogP contribution in [0, 0.1) is 0 Å². The Bertz CT molecular complexity index is 2710. The van der Waals surface area contributed by atoms with Crippen LogP contribution < -0.4 is 0 Å². The number of fused-ring (bicyclic) bond motifs is 12. The van der Waals surface area contributed by atoms with Gasteiger partial charge in [0.15, 0.2) is 0 Å². The highest BCUT2D eigenvalue weighted by Crippen LogP contribution is 2.37. The first kappa shape index (κ1) is 23.6. The van der Waals surface area contributed by atoms with Crippen molar-refractivity contribution in [1.82, 2.24) is 14.0 Å². The summed E-state index contributed by atoms with van der Waals surface area (Å²) in [7, 11) is 0. The minimum atomic E-state index is 1.00. The van der Waals surface area contributed by atoms with Gasteiger partial charge in [0, 0.05) is 27.2 Å². The van der Waals surface area contributed by atoms with Gasteiger partial charge in [0.05, 0.1) is 27.6 Å². The summed E-state index contributed by atoms with van der Waals surface area (Å²) < 4.78 is 4.70. The molecule has 0 aliphatic rings. The average molecular weight is 560 g/mol. The van der Waals surface area contributed by atoms with Crippen molar-refractivity contribution in [1.29, 1.82) is 0 Å². The second-order valence-corrected chi connectivity index (χ2v) is 11.7. The van der Waals surface area contributed by atoms with Crippen LogP contribution in [0.4, 0.5) is 0 Å². The monoisotopic (exact) mass is 559 g/mol. The van der Waals surface area contributed by atoms with E-state index in [1.165, 1.54) is 65.4 Å². The molecular weight excluding hydrogens is 534 g/mol. The van der Waals surface area contributed by atoms with Gasteiger partial charge in [-0.3, -0.25) is 4.40 Å². The minimum absolute atomic E-state index is 1.00. The van der Waals surface area contributed by atoms with E-state index >= 15 is 0 Å². The van der Waals surface area contributed by atoms with E-state index in [0.717, 1.165) is 22.4 Å². The SMILES string of the molecule is c1ccc2cc3c(cc2c1)c1cc(-c2ccc(-n4c5ccccc5c5ccccc54)cc2)ccc1n1c2ccccc2nc31. The lowest BCUT2D eigenvalue weighted by molar-refractivity contribution is 1.18. The van der Waals surface area contributed by atoms with Crippen LogP contribution in [0.2, 0.25) is 0 Å². The predicted octanol–water partition coefficient (Wildman–Crippen LogP) is 10.7. The third kappa shape index (κ3) is 3.24. The molecule has 0 amide bonds. The van der Waals surface area contributed by atoms with E-state index in [9.17, 15) is 0 Å². The van der Waals surface area contributed by atoms with Crippen molar-refractivity contribution in [2.24, 2.45) is 0 Å². The number of imidazole rings is 1. The molecule has 0 saturated carbocycles. The molecular formula is C41H25N3. The van der Waals surface area contributed by atoms with Crippen molar-refractivity contribution < 1.29 is 0 Å². The first-order chi connectivity index (χ1) is 21.8. The molecule has 3 aromatic heterocycles. The molecule has 204 valence electrons. The highest BCUT2D eigenvalue weighted by atomic mass is 15.0. The van der Waals surface area contributed by atoms with Gasteiger partial charge in [-0.25, -0.2) is 4.98 Å². The van der Waals surface area contributed by atoms with Gasteiger partial charge in [-0.15, -0.1) is 0 Å². The Morgan fingerprint density at radius 3 is 1.70 bits per heavy atom. The Morgan fingerprint density at radius 1 is 0.386 bits per heavy atom. The Hall–Kier alpha value is -5.93. The molecule has 10 aromatic rings. The second kappa shape index (κ2) is 8.79. The zero-order chi connectivity index (χ0) is 28.8. The Labute approximate surface area is 252 Å². The second-order valence-electron chi connectivity index (χ2n) is 11.7. The summed E-state index contributed by atoms with van der Waals surface area (Å²) in [6, 6.07) is 54.9. The number of aromatic nitrogens is 3. The van der Waals surface area contributed by atoms with Gasteiger partial charge in [0.2, 0.25) is 0 Å². The van der Waals surface area contributed by atoms with Gasteiger partial charge < -0.3 is 4.57 Å². The number of hydrogen-bond donors (Lipinski definition) is 0. The summed E-state index contributed by atoms with van der Waals surface area (Å²) in [5.41, 5.74) is 10.3. The van der Waals surface area contributed by atoms with E-state index in [0.29, 0.717) is 0 Å². The molecule has 0 fully saturated rings. The van der Waals surface area contributed by atoms with Gasteiger partial charge in [-0.05, 0) is 87.9 Å². The summed E-state index contributed by atoms with van der Waals surface area (Å²) in [6.07, 6.45) is 0. The molecule has 44 heavy (non-hydrogen) atoms. The van der Waals surface area contributed by atoms with Crippen molar-refractivity contribution in [2.45, 2.75) is 0 Å². The van der Waals surface area contributed by atoms with Crippen LogP contribution >= 0.6 is 0 Å². The van der Waals surface area contributed by atoms with Crippen LogP contribution in [0.25, 0.3) is 87.7 Å². The topological polar surface area (TPSA) is 22.2 Å². The lowest BCUT2D eigenvalue weighted by Gasteiger charge is -2.13. The third-order valence-corrected chi connectivity index (χ3v) is 9.25. The van der Waals surface area contributed by atoms with Gasteiger partial charge in [-0.2, -0.15) is 0 Å². The number of nitrogens with zero attached hydrogens (tertiary/aromatic N) is 3. The molecule has 0 N–H and O–H groups in total. The molecule has 0 bridgehead atoms. The molecule has 0 aliphatic heterocycles. The van der Waals surface area contributed by atoms with Gasteiger partial charge >= 0.3 is 0 Å². The van der Waals surface area contributed by atoms with Crippen molar-refractivity contribution in [2.75, 3.05) is 0 Å². The van der Waals surface area contributed by atoms with Gasteiger partial charge in [0.1, 0.15) is 5.65 Å². The first-order valence-electron chi connectivity index (χ1n) is 15.1. The van der Waals surface area contributed by atoms with E-state index in [4.69, 9.17) is 4.98 Å². The van der Waals surface area contributed by atoms with Crippen molar-refractivity contribution in [3.8, 4) is 16.8 Å². The quantitative estimate of drug-likeness (QED) is 0.153. The third-order valence-electron chi connectivity index (χ3n) is 9.25. The molecule has 0 atom stereocenters. The van der Waals surface area contributed by atoms with Crippen LogP contribution in [-0.2, 0) is 0 Å². The van der Waals surface area contributed by atoms with Gasteiger partial charge in [-0.1, -0.05) is 91.0 Å². The van der Waals surface area contributed by atoms with Gasteiger partial charge in [0.25, 0.3) is 0 Å².